The maximum absolute atomic E-state index is 12.7. The quantitative estimate of drug-likeness (QED) is 0.674. The summed E-state index contributed by atoms with van der Waals surface area (Å²) in [5.41, 5.74) is 0.995. The monoisotopic (exact) mass is 351 g/mol. The molecule has 130 valence electrons. The van der Waals surface area contributed by atoms with E-state index < -0.39 is 17.8 Å². The number of furan rings is 1. The van der Waals surface area contributed by atoms with Crippen molar-refractivity contribution in [1.29, 1.82) is 0 Å². The van der Waals surface area contributed by atoms with Gasteiger partial charge in [0.2, 0.25) is 0 Å². The average molecular weight is 351 g/mol. The smallest absolute Gasteiger partial charge is 0.368 e. The molecule has 3 aromatic rings. The molecule has 0 spiro atoms. The van der Waals surface area contributed by atoms with E-state index in [1.54, 1.807) is 37.3 Å². The van der Waals surface area contributed by atoms with E-state index in [0.717, 1.165) is 0 Å². The van der Waals surface area contributed by atoms with Crippen LogP contribution in [0.4, 0.5) is 0 Å². The zero-order valence-corrected chi connectivity index (χ0v) is 13.9. The third-order valence-electron chi connectivity index (χ3n) is 4.21. The summed E-state index contributed by atoms with van der Waals surface area (Å²) >= 11 is 0. The molecule has 2 heterocycles. The van der Waals surface area contributed by atoms with E-state index in [9.17, 15) is 14.4 Å². The molecule has 0 saturated heterocycles. The van der Waals surface area contributed by atoms with Gasteiger partial charge in [-0.15, -0.1) is 0 Å². The fraction of sp³-hybridized carbons (Fsp3) is 0.105. The summed E-state index contributed by atoms with van der Waals surface area (Å²) in [4.78, 5) is 42.5. The van der Waals surface area contributed by atoms with Crippen molar-refractivity contribution in [1.82, 2.24) is 5.06 Å². The molecule has 0 aliphatic carbocycles. The van der Waals surface area contributed by atoms with E-state index in [1.807, 2.05) is 0 Å². The fourth-order valence-corrected chi connectivity index (χ4v) is 2.96. The Morgan fingerprint density at radius 2 is 1.69 bits per heavy atom. The zero-order chi connectivity index (χ0) is 18.4. The van der Waals surface area contributed by atoms with Crippen LogP contribution in [0.15, 0.2) is 46.9 Å². The van der Waals surface area contributed by atoms with Gasteiger partial charge in [0.25, 0.3) is 11.8 Å². The molecule has 7 nitrogen and oxygen atoms in total. The maximum Gasteiger partial charge on any atom is 0.368 e. The lowest BCUT2D eigenvalue weighted by atomic mass is 10.1. The maximum atomic E-state index is 12.7. The standard InChI is InChI=1S/C19H13NO6/c1-10-16(14-9-11(24-2)7-8-15(14)25-10)19(23)26-20-17(21)12-5-3-4-6-13(12)18(20)22/h3-9H,1-2H3. The first kappa shape index (κ1) is 15.9. The number of rotatable bonds is 3. The van der Waals surface area contributed by atoms with Crippen LogP contribution in [-0.4, -0.2) is 30.0 Å². The van der Waals surface area contributed by atoms with E-state index in [1.165, 1.54) is 19.2 Å². The molecule has 1 aromatic heterocycles. The molecule has 1 aliphatic rings. The molecule has 4 rings (SSSR count). The van der Waals surface area contributed by atoms with E-state index in [2.05, 4.69) is 0 Å². The SMILES string of the molecule is COc1ccc2oc(C)c(C(=O)ON3C(=O)c4ccccc4C3=O)c2c1. The first-order valence-corrected chi connectivity index (χ1v) is 7.78. The average Bonchev–Trinajstić information content (AvgIpc) is 3.10. The molecule has 2 aromatic carbocycles. The van der Waals surface area contributed by atoms with Gasteiger partial charge in [0.1, 0.15) is 22.7 Å². The van der Waals surface area contributed by atoms with E-state index in [0.29, 0.717) is 27.5 Å². The molecule has 2 amide bonds. The van der Waals surface area contributed by atoms with Crippen molar-refractivity contribution >= 4 is 28.8 Å². The van der Waals surface area contributed by atoms with Crippen molar-refractivity contribution in [3.63, 3.8) is 0 Å². The number of imide groups is 1. The molecule has 1 aliphatic heterocycles. The largest absolute Gasteiger partial charge is 0.497 e. The Bertz CT molecular complexity index is 1050. The van der Waals surface area contributed by atoms with Crippen LogP contribution in [0, 0.1) is 6.92 Å². The summed E-state index contributed by atoms with van der Waals surface area (Å²) in [6.07, 6.45) is 0. The Kier molecular flexibility index (Phi) is 3.50. The van der Waals surface area contributed by atoms with Gasteiger partial charge in [0, 0.05) is 5.39 Å². The zero-order valence-electron chi connectivity index (χ0n) is 13.9. The number of carbonyl (C=O) groups is 3. The molecule has 0 radical (unpaired) electrons. The van der Waals surface area contributed by atoms with Crippen LogP contribution in [0.3, 0.4) is 0 Å². The molecular formula is C19H13NO6. The Morgan fingerprint density at radius 1 is 1.04 bits per heavy atom. The van der Waals surface area contributed by atoms with Gasteiger partial charge in [-0.2, -0.15) is 0 Å². The number of fused-ring (bicyclic) bond motifs is 2. The number of aryl methyl sites for hydroxylation is 1. The highest BCUT2D eigenvalue weighted by Crippen LogP contribution is 2.31. The van der Waals surface area contributed by atoms with Crippen molar-refractivity contribution in [2.24, 2.45) is 0 Å². The lowest BCUT2D eigenvalue weighted by Crippen LogP contribution is -2.32. The van der Waals surface area contributed by atoms with Crippen LogP contribution in [0.5, 0.6) is 5.75 Å². The van der Waals surface area contributed by atoms with Gasteiger partial charge in [0.05, 0.1) is 18.2 Å². The number of amides is 2. The fourth-order valence-electron chi connectivity index (χ4n) is 2.96. The van der Waals surface area contributed by atoms with Crippen molar-refractivity contribution in [3.8, 4) is 5.75 Å². The highest BCUT2D eigenvalue weighted by Gasteiger charge is 2.39. The molecule has 26 heavy (non-hydrogen) atoms. The second-order valence-electron chi connectivity index (χ2n) is 5.72. The molecule has 0 atom stereocenters. The molecule has 0 N–H and O–H groups in total. The Balaban J connectivity index is 1.70. The Labute approximate surface area is 147 Å². The van der Waals surface area contributed by atoms with Crippen LogP contribution in [0.2, 0.25) is 0 Å². The van der Waals surface area contributed by atoms with Crippen molar-refractivity contribution < 1.29 is 28.4 Å². The molecule has 0 unspecified atom stereocenters. The third kappa shape index (κ3) is 2.25. The summed E-state index contributed by atoms with van der Waals surface area (Å²) in [5, 5.41) is 0.953. The minimum absolute atomic E-state index is 0.135. The van der Waals surface area contributed by atoms with Gasteiger partial charge < -0.3 is 14.0 Å². The van der Waals surface area contributed by atoms with Crippen molar-refractivity contribution in [3.05, 3.63) is 64.9 Å². The molecule has 0 bridgehead atoms. The minimum Gasteiger partial charge on any atom is -0.497 e. The summed E-state index contributed by atoms with van der Waals surface area (Å²) in [5.74, 6) is -1.36. The van der Waals surface area contributed by atoms with Crippen LogP contribution < -0.4 is 4.74 Å². The van der Waals surface area contributed by atoms with Crippen LogP contribution >= 0.6 is 0 Å². The molecule has 7 heteroatoms. The van der Waals surface area contributed by atoms with Gasteiger partial charge in [0.15, 0.2) is 0 Å². The lowest BCUT2D eigenvalue weighted by molar-refractivity contribution is -0.0584. The first-order valence-electron chi connectivity index (χ1n) is 7.78. The van der Waals surface area contributed by atoms with Gasteiger partial charge in [-0.3, -0.25) is 9.59 Å². The van der Waals surface area contributed by atoms with E-state index in [-0.39, 0.29) is 16.7 Å². The van der Waals surface area contributed by atoms with E-state index >= 15 is 0 Å². The summed E-state index contributed by atoms with van der Waals surface area (Å²) in [6, 6.07) is 11.3. The summed E-state index contributed by atoms with van der Waals surface area (Å²) in [6.45, 7) is 1.60. The Morgan fingerprint density at radius 3 is 2.31 bits per heavy atom. The number of ether oxygens (including phenoxy) is 1. The number of carbonyl (C=O) groups excluding carboxylic acids is 3. The normalized spacial score (nSPS) is 13.2. The first-order chi connectivity index (χ1) is 12.5. The second-order valence-corrected chi connectivity index (χ2v) is 5.72. The number of nitrogens with zero attached hydrogens (tertiary/aromatic N) is 1. The number of hydroxylamine groups is 2. The van der Waals surface area contributed by atoms with Crippen LogP contribution in [-0.2, 0) is 4.84 Å². The molecular weight excluding hydrogens is 338 g/mol. The summed E-state index contributed by atoms with van der Waals surface area (Å²) in [7, 11) is 1.50. The van der Waals surface area contributed by atoms with Crippen molar-refractivity contribution in [2.45, 2.75) is 6.92 Å². The Hall–Kier alpha value is -3.61. The second kappa shape index (κ2) is 5.73. The predicted molar refractivity (Wildman–Crippen MR) is 89.9 cm³/mol. The molecule has 0 fully saturated rings. The summed E-state index contributed by atoms with van der Waals surface area (Å²) < 4.78 is 10.7. The number of methoxy groups -OCH3 is 1. The minimum atomic E-state index is -0.857. The van der Waals surface area contributed by atoms with Crippen molar-refractivity contribution in [2.75, 3.05) is 7.11 Å². The van der Waals surface area contributed by atoms with Crippen LogP contribution in [0.1, 0.15) is 36.8 Å². The highest BCUT2D eigenvalue weighted by molar-refractivity contribution is 6.21. The predicted octanol–water partition coefficient (Wildman–Crippen LogP) is 3.12. The lowest BCUT2D eigenvalue weighted by Gasteiger charge is -2.12. The van der Waals surface area contributed by atoms with Gasteiger partial charge in [-0.25, -0.2) is 4.79 Å². The van der Waals surface area contributed by atoms with Gasteiger partial charge >= 0.3 is 5.97 Å². The number of benzene rings is 2. The third-order valence-corrected chi connectivity index (χ3v) is 4.21. The van der Waals surface area contributed by atoms with Gasteiger partial charge in [-0.1, -0.05) is 17.2 Å². The number of hydrogen-bond donors (Lipinski definition) is 0. The van der Waals surface area contributed by atoms with Crippen LogP contribution in [0.25, 0.3) is 11.0 Å². The number of hydrogen-bond acceptors (Lipinski definition) is 6. The van der Waals surface area contributed by atoms with E-state index in [4.69, 9.17) is 14.0 Å². The highest BCUT2D eigenvalue weighted by atomic mass is 16.7. The molecule has 0 saturated carbocycles. The topological polar surface area (TPSA) is 86.1 Å². The van der Waals surface area contributed by atoms with Gasteiger partial charge in [-0.05, 0) is 37.3 Å².